The van der Waals surface area contributed by atoms with E-state index in [1.807, 2.05) is 0 Å². The Hall–Kier alpha value is -1.35. The number of halogens is 4. The van der Waals surface area contributed by atoms with Crippen molar-refractivity contribution in [2.24, 2.45) is 4.99 Å². The van der Waals surface area contributed by atoms with Gasteiger partial charge in [0.15, 0.2) is 5.96 Å². The minimum absolute atomic E-state index is 0.0287. The molecule has 1 fully saturated rings. The van der Waals surface area contributed by atoms with E-state index in [2.05, 4.69) is 39.1 Å². The molecule has 0 amide bonds. The molecule has 0 saturated carbocycles. The van der Waals surface area contributed by atoms with Crippen molar-refractivity contribution in [3.05, 3.63) is 27.7 Å². The zero-order chi connectivity index (χ0) is 20.7. The topological polar surface area (TPSA) is 58.1 Å². The molecule has 1 aliphatic rings. The first-order valence-corrected chi connectivity index (χ1v) is 9.68. The molecule has 1 saturated heterocycles. The lowest BCUT2D eigenvalue weighted by Crippen LogP contribution is -2.56. The Morgan fingerprint density at radius 1 is 1.29 bits per heavy atom. The van der Waals surface area contributed by atoms with Gasteiger partial charge in [-0.05, 0) is 26.0 Å². The van der Waals surface area contributed by atoms with Crippen LogP contribution < -0.4 is 15.4 Å². The number of nitrogens with one attached hydrogen (secondary N) is 2. The summed E-state index contributed by atoms with van der Waals surface area (Å²) in [5, 5.41) is 6.71. The van der Waals surface area contributed by atoms with Gasteiger partial charge in [0.25, 0.3) is 0 Å². The molecule has 0 aliphatic carbocycles. The molecule has 2 N–H and O–H groups in total. The summed E-state index contributed by atoms with van der Waals surface area (Å²) in [5.41, 5.74) is 0.304. The van der Waals surface area contributed by atoms with Crippen LogP contribution in [0.5, 0.6) is 5.75 Å². The van der Waals surface area contributed by atoms with Crippen molar-refractivity contribution in [2.75, 3.05) is 39.9 Å². The number of ether oxygens (including phenoxy) is 2. The Morgan fingerprint density at radius 3 is 2.57 bits per heavy atom. The molecule has 0 spiro atoms. The fourth-order valence-corrected chi connectivity index (χ4v) is 3.53. The zero-order valence-corrected chi connectivity index (χ0v) is 17.7. The van der Waals surface area contributed by atoms with Crippen molar-refractivity contribution >= 4 is 29.2 Å². The van der Waals surface area contributed by atoms with Crippen LogP contribution >= 0.6 is 23.2 Å². The van der Waals surface area contributed by atoms with Crippen LogP contribution in [0, 0.1) is 0 Å². The second-order valence-corrected chi connectivity index (χ2v) is 7.79. The van der Waals surface area contributed by atoms with Gasteiger partial charge in [-0.15, -0.1) is 0 Å². The molecular weight excluding hydrogens is 413 g/mol. The number of benzene rings is 1. The summed E-state index contributed by atoms with van der Waals surface area (Å²) in [7, 11) is 1.64. The number of aliphatic imine (C=N–C) groups is 1. The first kappa shape index (κ1) is 22.9. The average molecular weight is 439 g/mol. The maximum atomic E-state index is 12.7. The van der Waals surface area contributed by atoms with E-state index in [0.29, 0.717) is 23.1 Å². The maximum Gasteiger partial charge on any atom is 0.387 e. The first-order chi connectivity index (χ1) is 13.2. The zero-order valence-electron chi connectivity index (χ0n) is 16.2. The first-order valence-electron chi connectivity index (χ1n) is 8.93. The Morgan fingerprint density at radius 2 is 1.96 bits per heavy atom. The summed E-state index contributed by atoms with van der Waals surface area (Å²) < 4.78 is 35.3. The third kappa shape index (κ3) is 6.62. The Balaban J connectivity index is 1.98. The van der Waals surface area contributed by atoms with Crippen LogP contribution in [0.1, 0.15) is 19.4 Å². The predicted molar refractivity (Wildman–Crippen MR) is 108 cm³/mol. The number of alkyl halides is 2. The van der Waals surface area contributed by atoms with Crippen LogP contribution in [0.15, 0.2) is 17.1 Å². The predicted octanol–water partition coefficient (Wildman–Crippen LogP) is 3.37. The molecule has 28 heavy (non-hydrogen) atoms. The number of nitrogens with zero attached hydrogens (tertiary/aromatic N) is 2. The van der Waals surface area contributed by atoms with Crippen LogP contribution in [-0.2, 0) is 11.3 Å². The van der Waals surface area contributed by atoms with Crippen molar-refractivity contribution in [3.63, 3.8) is 0 Å². The minimum Gasteiger partial charge on any atom is -0.433 e. The number of guanidine groups is 1. The highest BCUT2D eigenvalue weighted by Gasteiger charge is 2.28. The van der Waals surface area contributed by atoms with Gasteiger partial charge in [0.1, 0.15) is 5.75 Å². The molecular formula is C18H26Cl2F2N4O2. The summed E-state index contributed by atoms with van der Waals surface area (Å²) in [5.74, 6) is 0.429. The van der Waals surface area contributed by atoms with E-state index in [1.165, 1.54) is 12.1 Å². The molecule has 2 rings (SSSR count). The maximum absolute atomic E-state index is 12.7. The Kier molecular flexibility index (Phi) is 8.55. The van der Waals surface area contributed by atoms with E-state index in [4.69, 9.17) is 27.9 Å². The van der Waals surface area contributed by atoms with Crippen molar-refractivity contribution in [1.29, 1.82) is 0 Å². The highest BCUT2D eigenvalue weighted by molar-refractivity contribution is 6.35. The molecule has 0 aromatic heterocycles. The molecule has 10 heteroatoms. The molecule has 1 heterocycles. The van der Waals surface area contributed by atoms with Crippen LogP contribution in [0.2, 0.25) is 10.0 Å². The molecule has 6 nitrogen and oxygen atoms in total. The molecule has 0 atom stereocenters. The molecule has 0 radical (unpaired) electrons. The van der Waals surface area contributed by atoms with Crippen LogP contribution in [0.4, 0.5) is 8.78 Å². The smallest absolute Gasteiger partial charge is 0.387 e. The monoisotopic (exact) mass is 438 g/mol. The second kappa shape index (κ2) is 10.4. The summed E-state index contributed by atoms with van der Waals surface area (Å²) in [6.45, 7) is 5.30. The van der Waals surface area contributed by atoms with E-state index < -0.39 is 6.61 Å². The van der Waals surface area contributed by atoms with Crippen molar-refractivity contribution in [1.82, 2.24) is 15.5 Å². The standard InChI is InChI=1S/C18H26Cl2F2N4O2/c1-18(2,26-4-6-27-7-5-26)11-25-17(23-3)24-10-12-8-13(19)9-14(20)15(12)28-16(21)22/h8-9,16H,4-7,10-11H2,1-3H3,(H2,23,24,25). The average Bonchev–Trinajstić information content (AvgIpc) is 2.65. The molecule has 1 aromatic carbocycles. The number of morpholine rings is 1. The summed E-state index contributed by atoms with van der Waals surface area (Å²) >= 11 is 12.0. The van der Waals surface area contributed by atoms with Crippen molar-refractivity contribution in [2.45, 2.75) is 32.5 Å². The second-order valence-electron chi connectivity index (χ2n) is 6.95. The number of hydrogen-bond acceptors (Lipinski definition) is 4. The van der Waals surface area contributed by atoms with Gasteiger partial charge in [-0.2, -0.15) is 8.78 Å². The van der Waals surface area contributed by atoms with Crippen LogP contribution in [-0.4, -0.2) is 62.9 Å². The van der Waals surface area contributed by atoms with Crippen molar-refractivity contribution < 1.29 is 18.3 Å². The van der Waals surface area contributed by atoms with E-state index in [-0.39, 0.29) is 22.9 Å². The fourth-order valence-electron chi connectivity index (χ4n) is 2.95. The third-order valence-electron chi connectivity index (χ3n) is 4.52. The molecule has 1 aromatic rings. The Labute approximate surface area is 174 Å². The highest BCUT2D eigenvalue weighted by Crippen LogP contribution is 2.33. The highest BCUT2D eigenvalue weighted by atomic mass is 35.5. The minimum atomic E-state index is -2.98. The quantitative estimate of drug-likeness (QED) is 0.504. The van der Waals surface area contributed by atoms with Crippen LogP contribution in [0.3, 0.4) is 0 Å². The number of hydrogen-bond donors (Lipinski definition) is 2. The normalized spacial score (nSPS) is 16.4. The molecule has 0 unspecified atom stereocenters. The summed E-state index contributed by atoms with van der Waals surface area (Å²) in [6, 6.07) is 2.89. The van der Waals surface area contributed by atoms with Gasteiger partial charge in [0.05, 0.1) is 18.2 Å². The largest absolute Gasteiger partial charge is 0.433 e. The van der Waals surface area contributed by atoms with E-state index in [9.17, 15) is 8.78 Å². The van der Waals surface area contributed by atoms with Gasteiger partial charge < -0.3 is 20.1 Å². The lowest BCUT2D eigenvalue weighted by Gasteiger charge is -2.41. The molecule has 1 aliphatic heterocycles. The van der Waals surface area contributed by atoms with Gasteiger partial charge in [0, 0.05) is 49.4 Å². The lowest BCUT2D eigenvalue weighted by molar-refractivity contribution is -0.0504. The fraction of sp³-hybridized carbons (Fsp3) is 0.611. The van der Waals surface area contributed by atoms with Crippen LogP contribution in [0.25, 0.3) is 0 Å². The SMILES string of the molecule is CN=C(NCc1cc(Cl)cc(Cl)c1OC(F)F)NCC(C)(C)N1CCOCC1. The molecule has 0 bridgehead atoms. The van der Waals surface area contributed by atoms with Gasteiger partial charge >= 0.3 is 6.61 Å². The summed E-state index contributed by atoms with van der Waals surface area (Å²) in [6.07, 6.45) is 0. The van der Waals surface area contributed by atoms with E-state index >= 15 is 0 Å². The lowest BCUT2D eigenvalue weighted by atomic mass is 10.0. The van der Waals surface area contributed by atoms with Gasteiger partial charge in [-0.3, -0.25) is 9.89 Å². The Bertz CT molecular complexity index is 684. The van der Waals surface area contributed by atoms with Gasteiger partial charge in [-0.1, -0.05) is 23.2 Å². The van der Waals surface area contributed by atoms with Crippen molar-refractivity contribution in [3.8, 4) is 5.75 Å². The number of rotatable bonds is 7. The third-order valence-corrected chi connectivity index (χ3v) is 5.02. The van der Waals surface area contributed by atoms with E-state index in [0.717, 1.165) is 26.3 Å². The van der Waals surface area contributed by atoms with E-state index in [1.54, 1.807) is 7.05 Å². The van der Waals surface area contributed by atoms with Gasteiger partial charge in [0.2, 0.25) is 0 Å². The summed E-state index contributed by atoms with van der Waals surface area (Å²) in [4.78, 5) is 6.53. The van der Waals surface area contributed by atoms with Gasteiger partial charge in [-0.25, -0.2) is 0 Å². The molecule has 158 valence electrons.